The second-order valence-corrected chi connectivity index (χ2v) is 9.58. The average Bonchev–Trinajstić information content (AvgIpc) is 2.95. The molecule has 2 aliphatic rings. The van der Waals surface area contributed by atoms with Crippen LogP contribution in [0.2, 0.25) is 0 Å². The lowest BCUT2D eigenvalue weighted by Crippen LogP contribution is -2.39. The predicted octanol–water partition coefficient (Wildman–Crippen LogP) is 3.84. The lowest BCUT2D eigenvalue weighted by Gasteiger charge is -2.37. The molecule has 0 unspecified atom stereocenters. The van der Waals surface area contributed by atoms with Crippen molar-refractivity contribution in [3.05, 3.63) is 60.2 Å². The monoisotopic (exact) mass is 505 g/mol. The molecule has 0 radical (unpaired) electrons. The van der Waals surface area contributed by atoms with Gasteiger partial charge < -0.3 is 34.9 Å². The zero-order valence-corrected chi connectivity index (χ0v) is 21.4. The molecule has 9 heteroatoms. The smallest absolute Gasteiger partial charge is 0.169 e. The van der Waals surface area contributed by atoms with E-state index < -0.39 is 0 Å². The summed E-state index contributed by atoms with van der Waals surface area (Å²) in [6.45, 7) is 3.89. The molecule has 9 nitrogen and oxygen atoms in total. The minimum absolute atomic E-state index is 0.0844. The summed E-state index contributed by atoms with van der Waals surface area (Å²) < 4.78 is 17.1. The van der Waals surface area contributed by atoms with E-state index in [0.29, 0.717) is 42.7 Å². The van der Waals surface area contributed by atoms with Gasteiger partial charge in [-0.15, -0.1) is 10.2 Å². The molecule has 0 spiro atoms. The molecular weight excluding hydrogens is 470 g/mol. The number of nitrogens with zero attached hydrogens (tertiary/aromatic N) is 4. The highest BCUT2D eigenvalue weighted by Gasteiger charge is 2.28. The second kappa shape index (κ2) is 11.3. The number of anilines is 3. The summed E-state index contributed by atoms with van der Waals surface area (Å²) in [6, 6.07) is 17.7. The first-order chi connectivity index (χ1) is 18.1. The Kier molecular flexibility index (Phi) is 7.73. The first-order valence-electron chi connectivity index (χ1n) is 12.8. The molecule has 2 saturated heterocycles. The number of nitrogens with two attached hydrogens (primary N) is 1. The van der Waals surface area contributed by atoms with Crippen LogP contribution in [-0.2, 0) is 14.2 Å². The number of aromatic hydroxyl groups is 1. The lowest BCUT2D eigenvalue weighted by atomic mass is 9.95. The molecule has 2 aliphatic heterocycles. The van der Waals surface area contributed by atoms with E-state index in [2.05, 4.69) is 44.3 Å². The first-order valence-corrected chi connectivity index (χ1v) is 12.8. The fourth-order valence-electron chi connectivity index (χ4n) is 5.35. The molecule has 196 valence electrons. The third-order valence-corrected chi connectivity index (χ3v) is 7.41. The number of hydrogen-bond donors (Lipinski definition) is 2. The maximum atomic E-state index is 10.3. The zero-order chi connectivity index (χ0) is 25.8. The number of rotatable bonds is 7. The number of aromatic nitrogens is 2. The van der Waals surface area contributed by atoms with Crippen molar-refractivity contribution in [3.8, 4) is 17.0 Å². The first kappa shape index (κ1) is 25.3. The fraction of sp³-hybridized carbons (Fsp3) is 0.429. The maximum absolute atomic E-state index is 10.3. The van der Waals surface area contributed by atoms with Gasteiger partial charge in [0, 0.05) is 57.6 Å². The Morgan fingerprint density at radius 3 is 2.41 bits per heavy atom. The number of ether oxygens (including phenoxy) is 3. The van der Waals surface area contributed by atoms with E-state index in [9.17, 15) is 5.11 Å². The van der Waals surface area contributed by atoms with Crippen molar-refractivity contribution >= 4 is 17.2 Å². The van der Waals surface area contributed by atoms with E-state index >= 15 is 0 Å². The number of para-hydroxylation sites is 1. The second-order valence-electron chi connectivity index (χ2n) is 9.58. The van der Waals surface area contributed by atoms with Gasteiger partial charge >= 0.3 is 0 Å². The van der Waals surface area contributed by atoms with Crippen molar-refractivity contribution in [2.75, 3.05) is 62.5 Å². The maximum Gasteiger partial charge on any atom is 0.169 e. The van der Waals surface area contributed by atoms with Crippen LogP contribution in [0.25, 0.3) is 11.3 Å². The summed E-state index contributed by atoms with van der Waals surface area (Å²) >= 11 is 0. The normalized spacial score (nSPS) is 18.9. The van der Waals surface area contributed by atoms with Crippen LogP contribution in [0.3, 0.4) is 0 Å². The van der Waals surface area contributed by atoms with Crippen LogP contribution in [0.5, 0.6) is 5.75 Å². The van der Waals surface area contributed by atoms with Gasteiger partial charge in [-0.1, -0.05) is 24.3 Å². The molecule has 0 amide bonds. The summed E-state index contributed by atoms with van der Waals surface area (Å²) in [6.07, 6.45) is 1.87. The Balaban J connectivity index is 1.26. The fourth-order valence-corrected chi connectivity index (χ4v) is 5.35. The third-order valence-electron chi connectivity index (χ3n) is 7.41. The molecule has 3 aromatic rings. The summed E-state index contributed by atoms with van der Waals surface area (Å²) in [4.78, 5) is 4.60. The quantitative estimate of drug-likeness (QED) is 0.463. The topological polar surface area (TPSA) is 106 Å². The number of methoxy groups -OCH3 is 2. The minimum atomic E-state index is -0.130. The minimum Gasteiger partial charge on any atom is -0.507 e. The summed E-state index contributed by atoms with van der Waals surface area (Å²) in [5.74, 6) is 0.949. The molecular formula is C28H35N5O4. The molecule has 1 aromatic heterocycles. The zero-order valence-electron chi connectivity index (χ0n) is 21.4. The Morgan fingerprint density at radius 2 is 1.70 bits per heavy atom. The van der Waals surface area contributed by atoms with Gasteiger partial charge in [0.1, 0.15) is 11.9 Å². The van der Waals surface area contributed by atoms with Crippen LogP contribution in [0.1, 0.15) is 24.5 Å². The van der Waals surface area contributed by atoms with Crippen molar-refractivity contribution < 1.29 is 19.3 Å². The highest BCUT2D eigenvalue weighted by molar-refractivity contribution is 5.74. The molecule has 3 N–H and O–H groups in total. The lowest BCUT2D eigenvalue weighted by molar-refractivity contribution is -0.141. The van der Waals surface area contributed by atoms with Gasteiger partial charge in [-0.2, -0.15) is 0 Å². The molecule has 0 saturated carbocycles. The SMILES string of the molecule is COC(OC)C1CCN(c2ccc([C@H]3CN(c4cc(-c5ccccc5O)nnc4N)CCO3)cc2)CC1. The number of phenolic OH excluding ortho intramolecular Hbond substituents is 1. The Hall–Kier alpha value is -3.40. The van der Waals surface area contributed by atoms with Crippen LogP contribution < -0.4 is 15.5 Å². The van der Waals surface area contributed by atoms with Crippen LogP contribution in [-0.4, -0.2) is 68.6 Å². The van der Waals surface area contributed by atoms with Crippen LogP contribution >= 0.6 is 0 Å². The highest BCUT2D eigenvalue weighted by atomic mass is 16.7. The number of benzene rings is 2. The molecule has 0 bridgehead atoms. The summed E-state index contributed by atoms with van der Waals surface area (Å²) in [5.41, 5.74) is 10.6. The van der Waals surface area contributed by atoms with Gasteiger partial charge in [-0.3, -0.25) is 0 Å². The van der Waals surface area contributed by atoms with Crippen molar-refractivity contribution in [1.82, 2.24) is 10.2 Å². The van der Waals surface area contributed by atoms with Crippen LogP contribution in [0, 0.1) is 5.92 Å². The Labute approximate surface area is 217 Å². The predicted molar refractivity (Wildman–Crippen MR) is 144 cm³/mol. The van der Waals surface area contributed by atoms with E-state index in [1.54, 1.807) is 26.4 Å². The number of hydrogen-bond acceptors (Lipinski definition) is 9. The van der Waals surface area contributed by atoms with E-state index in [-0.39, 0.29) is 18.1 Å². The van der Waals surface area contributed by atoms with Crippen molar-refractivity contribution in [2.24, 2.45) is 5.92 Å². The van der Waals surface area contributed by atoms with E-state index in [1.807, 2.05) is 18.2 Å². The molecule has 2 aromatic carbocycles. The summed E-state index contributed by atoms with van der Waals surface area (Å²) in [7, 11) is 3.42. The van der Waals surface area contributed by atoms with Crippen molar-refractivity contribution in [1.29, 1.82) is 0 Å². The van der Waals surface area contributed by atoms with Crippen LogP contribution in [0.15, 0.2) is 54.6 Å². The van der Waals surface area contributed by atoms with E-state index in [4.69, 9.17) is 19.9 Å². The van der Waals surface area contributed by atoms with Gasteiger partial charge in [0.05, 0.1) is 18.0 Å². The van der Waals surface area contributed by atoms with Crippen LogP contribution in [0.4, 0.5) is 17.2 Å². The van der Waals surface area contributed by atoms with Gasteiger partial charge in [0.15, 0.2) is 12.1 Å². The largest absolute Gasteiger partial charge is 0.507 e. The van der Waals surface area contributed by atoms with E-state index in [0.717, 1.165) is 37.2 Å². The van der Waals surface area contributed by atoms with E-state index in [1.165, 1.54) is 5.69 Å². The molecule has 0 aliphatic carbocycles. The number of phenols is 1. The number of nitrogen functional groups attached to an aromatic ring is 1. The van der Waals surface area contributed by atoms with Crippen molar-refractivity contribution in [3.63, 3.8) is 0 Å². The van der Waals surface area contributed by atoms with Crippen molar-refractivity contribution in [2.45, 2.75) is 25.2 Å². The molecule has 3 heterocycles. The Morgan fingerprint density at radius 1 is 0.973 bits per heavy atom. The number of morpholine rings is 1. The summed E-state index contributed by atoms with van der Waals surface area (Å²) in [5, 5.41) is 18.6. The highest BCUT2D eigenvalue weighted by Crippen LogP contribution is 2.34. The standard InChI is InChI=1S/C28H35N5O4/c1-35-28(36-2)20-11-13-32(14-12-20)21-9-7-19(8-10-21)26-18-33(15-16-37-26)24-17-23(30-31-27(24)29)22-5-3-4-6-25(22)34/h3-10,17,20,26,28,34H,11-16,18H2,1-2H3,(H2,29,31)/t26-/m1/s1. The number of piperidine rings is 1. The third kappa shape index (κ3) is 5.49. The molecule has 37 heavy (non-hydrogen) atoms. The molecule has 2 fully saturated rings. The van der Waals surface area contributed by atoms with Gasteiger partial charge in [0.2, 0.25) is 0 Å². The van der Waals surface area contributed by atoms with Gasteiger partial charge in [-0.05, 0) is 48.7 Å². The molecule has 5 rings (SSSR count). The van der Waals surface area contributed by atoms with Gasteiger partial charge in [0.25, 0.3) is 0 Å². The molecule has 1 atom stereocenters. The Bertz CT molecular complexity index is 1180. The average molecular weight is 506 g/mol. The van der Waals surface area contributed by atoms with Gasteiger partial charge in [-0.25, -0.2) is 0 Å².